The van der Waals surface area contributed by atoms with Gasteiger partial charge in [0.1, 0.15) is 5.82 Å². The highest BCUT2D eigenvalue weighted by Crippen LogP contribution is 2.42. The monoisotopic (exact) mass is 462 g/mol. The largest absolute Gasteiger partial charge is 0.493 e. The van der Waals surface area contributed by atoms with E-state index < -0.39 is 5.91 Å². The molecule has 1 atom stereocenters. The Bertz CT molecular complexity index is 1440. The van der Waals surface area contributed by atoms with Gasteiger partial charge in [0.05, 0.1) is 12.8 Å². The van der Waals surface area contributed by atoms with Gasteiger partial charge in [0.2, 0.25) is 5.91 Å². The van der Waals surface area contributed by atoms with E-state index in [1.807, 2.05) is 19.9 Å². The minimum Gasteiger partial charge on any atom is -0.493 e. The summed E-state index contributed by atoms with van der Waals surface area (Å²) >= 11 is 0. The van der Waals surface area contributed by atoms with Gasteiger partial charge in [-0.05, 0) is 43.7 Å². The maximum atomic E-state index is 12.7. The van der Waals surface area contributed by atoms with E-state index in [2.05, 4.69) is 25.7 Å². The summed E-state index contributed by atoms with van der Waals surface area (Å²) in [6.07, 6.45) is 0.237. The topological polar surface area (TPSA) is 152 Å². The maximum Gasteiger partial charge on any atom is 0.255 e. The van der Waals surface area contributed by atoms with Crippen molar-refractivity contribution in [1.82, 2.24) is 29.6 Å². The number of rotatable bonds is 6. The number of hydrogen-bond donors (Lipinski definition) is 2. The molecule has 0 aliphatic carbocycles. The Hall–Kier alpha value is -4.48. The van der Waals surface area contributed by atoms with Crippen LogP contribution in [0.2, 0.25) is 0 Å². The molecule has 0 saturated carbocycles. The first-order valence-corrected chi connectivity index (χ1v) is 10.5. The van der Waals surface area contributed by atoms with Crippen molar-refractivity contribution in [3.05, 3.63) is 53.0 Å². The lowest BCUT2D eigenvalue weighted by Crippen LogP contribution is -2.25. The van der Waals surface area contributed by atoms with Crippen molar-refractivity contribution in [2.45, 2.75) is 26.2 Å². The van der Waals surface area contributed by atoms with Crippen LogP contribution >= 0.6 is 0 Å². The van der Waals surface area contributed by atoms with Crippen molar-refractivity contribution in [2.75, 3.05) is 19.0 Å². The number of primary amides is 1. The Morgan fingerprint density at radius 2 is 2.00 bits per heavy atom. The van der Waals surface area contributed by atoms with E-state index in [9.17, 15) is 9.59 Å². The zero-order chi connectivity index (χ0) is 24.0. The van der Waals surface area contributed by atoms with Gasteiger partial charge in [0, 0.05) is 17.9 Å². The standard InChI is InChI=1S/C22H22N8O4/c1-11-21-14(13-4-5-15(16(8-13)33-3)34-10-17(23)31)9-20(32)24-22(21)30(27-11)19-7-6-18-26-25-12(2)29(18)28-19/h4-8,14H,9-10H2,1-3H3,(H2,23,31)(H,24,32)/t14-/m1/s1. The number of fused-ring (bicyclic) bond motifs is 2. The van der Waals surface area contributed by atoms with Crippen molar-refractivity contribution in [3.8, 4) is 17.3 Å². The average molecular weight is 462 g/mol. The summed E-state index contributed by atoms with van der Waals surface area (Å²) in [5.41, 5.74) is 8.28. The van der Waals surface area contributed by atoms with E-state index in [-0.39, 0.29) is 24.9 Å². The number of aromatic nitrogens is 6. The molecule has 34 heavy (non-hydrogen) atoms. The van der Waals surface area contributed by atoms with Gasteiger partial charge in [-0.2, -0.15) is 14.3 Å². The van der Waals surface area contributed by atoms with Crippen LogP contribution in [0.15, 0.2) is 30.3 Å². The van der Waals surface area contributed by atoms with E-state index >= 15 is 0 Å². The van der Waals surface area contributed by atoms with E-state index in [0.29, 0.717) is 34.6 Å². The number of nitrogens with zero attached hydrogens (tertiary/aromatic N) is 6. The van der Waals surface area contributed by atoms with Gasteiger partial charge in [-0.25, -0.2) is 0 Å². The average Bonchev–Trinajstić information content (AvgIpc) is 3.36. The molecule has 174 valence electrons. The number of nitrogens with one attached hydrogen (secondary N) is 1. The second-order valence-corrected chi connectivity index (χ2v) is 7.94. The third-order valence-corrected chi connectivity index (χ3v) is 5.68. The molecule has 1 aliphatic rings. The smallest absolute Gasteiger partial charge is 0.255 e. The van der Waals surface area contributed by atoms with Gasteiger partial charge < -0.3 is 20.5 Å². The zero-order valence-corrected chi connectivity index (χ0v) is 18.8. The molecule has 2 amide bonds. The van der Waals surface area contributed by atoms with Crippen molar-refractivity contribution < 1.29 is 19.1 Å². The summed E-state index contributed by atoms with van der Waals surface area (Å²) in [4.78, 5) is 23.8. The number of nitrogens with two attached hydrogens (primary N) is 1. The fraction of sp³-hybridized carbons (Fsp3) is 0.273. The highest BCUT2D eigenvalue weighted by atomic mass is 16.5. The lowest BCUT2D eigenvalue weighted by atomic mass is 9.85. The molecule has 4 aromatic rings. The van der Waals surface area contributed by atoms with E-state index in [0.717, 1.165) is 16.8 Å². The molecule has 12 heteroatoms. The minimum absolute atomic E-state index is 0.145. The molecule has 0 bridgehead atoms. The van der Waals surface area contributed by atoms with Crippen LogP contribution in [0.5, 0.6) is 11.5 Å². The number of anilines is 1. The third-order valence-electron chi connectivity index (χ3n) is 5.68. The fourth-order valence-electron chi connectivity index (χ4n) is 4.17. The summed E-state index contributed by atoms with van der Waals surface area (Å²) < 4.78 is 14.1. The molecule has 0 fully saturated rings. The fourth-order valence-corrected chi connectivity index (χ4v) is 4.17. The van der Waals surface area contributed by atoms with Crippen LogP contribution in [-0.2, 0) is 9.59 Å². The molecule has 0 spiro atoms. The van der Waals surface area contributed by atoms with Crippen LogP contribution in [0.1, 0.15) is 35.0 Å². The first-order valence-electron chi connectivity index (χ1n) is 10.5. The Labute approximate surface area is 193 Å². The minimum atomic E-state index is -0.587. The number of carbonyl (C=O) groups excluding carboxylic acids is 2. The van der Waals surface area contributed by atoms with Gasteiger partial charge in [-0.15, -0.1) is 15.3 Å². The molecule has 3 aromatic heterocycles. The Morgan fingerprint density at radius 3 is 2.76 bits per heavy atom. The molecule has 5 rings (SSSR count). The predicted octanol–water partition coefficient (Wildman–Crippen LogP) is 1.27. The summed E-state index contributed by atoms with van der Waals surface area (Å²) in [5, 5.41) is 20.3. The molecule has 3 N–H and O–H groups in total. The predicted molar refractivity (Wildman–Crippen MR) is 120 cm³/mol. The van der Waals surface area contributed by atoms with Gasteiger partial charge in [0.25, 0.3) is 5.91 Å². The van der Waals surface area contributed by atoms with Crippen LogP contribution in [0, 0.1) is 13.8 Å². The molecule has 1 aliphatic heterocycles. The van der Waals surface area contributed by atoms with E-state index in [1.54, 1.807) is 33.5 Å². The molecular formula is C22H22N8O4. The normalized spacial score (nSPS) is 15.1. The first-order chi connectivity index (χ1) is 16.4. The Morgan fingerprint density at radius 1 is 1.18 bits per heavy atom. The van der Waals surface area contributed by atoms with Crippen LogP contribution in [0.3, 0.4) is 0 Å². The molecule has 0 unspecified atom stereocenters. The van der Waals surface area contributed by atoms with Gasteiger partial charge in [0.15, 0.2) is 35.4 Å². The SMILES string of the molecule is COc1cc([C@H]2CC(=O)Nc3c2c(C)nn3-c2ccc3nnc(C)n3n2)ccc1OCC(N)=O. The number of hydrogen-bond acceptors (Lipinski definition) is 8. The third kappa shape index (κ3) is 3.58. The summed E-state index contributed by atoms with van der Waals surface area (Å²) in [5.74, 6) is 1.55. The highest BCUT2D eigenvalue weighted by molar-refractivity contribution is 5.95. The van der Waals surface area contributed by atoms with Crippen molar-refractivity contribution in [1.29, 1.82) is 0 Å². The van der Waals surface area contributed by atoms with Crippen LogP contribution in [-0.4, -0.2) is 55.1 Å². The Kier molecular flexibility index (Phi) is 5.11. The first kappa shape index (κ1) is 21.4. The van der Waals surface area contributed by atoms with Gasteiger partial charge in [-0.1, -0.05) is 6.07 Å². The summed E-state index contributed by atoms with van der Waals surface area (Å²) in [6, 6.07) is 8.91. The van der Waals surface area contributed by atoms with Crippen molar-refractivity contribution >= 4 is 23.3 Å². The number of benzene rings is 1. The molecule has 4 heterocycles. The van der Waals surface area contributed by atoms with Crippen molar-refractivity contribution in [2.24, 2.45) is 5.73 Å². The summed E-state index contributed by atoms with van der Waals surface area (Å²) in [7, 11) is 1.51. The lowest BCUT2D eigenvalue weighted by Gasteiger charge is -2.25. The van der Waals surface area contributed by atoms with Crippen LogP contribution < -0.4 is 20.5 Å². The number of carbonyl (C=O) groups is 2. The number of aryl methyl sites for hydroxylation is 2. The number of amides is 2. The number of ether oxygens (including phenoxy) is 2. The summed E-state index contributed by atoms with van der Waals surface area (Å²) in [6.45, 7) is 3.44. The Balaban J connectivity index is 1.58. The number of methoxy groups -OCH3 is 1. The molecule has 12 nitrogen and oxygen atoms in total. The van der Waals surface area contributed by atoms with Crippen molar-refractivity contribution in [3.63, 3.8) is 0 Å². The maximum absolute atomic E-state index is 12.7. The second-order valence-electron chi connectivity index (χ2n) is 7.94. The van der Waals surface area contributed by atoms with Crippen LogP contribution in [0.25, 0.3) is 11.5 Å². The molecule has 0 saturated heterocycles. The zero-order valence-electron chi connectivity index (χ0n) is 18.8. The molecular weight excluding hydrogens is 440 g/mol. The van der Waals surface area contributed by atoms with Gasteiger partial charge in [-0.3, -0.25) is 9.59 Å². The quantitative estimate of drug-likeness (QED) is 0.435. The van der Waals surface area contributed by atoms with Gasteiger partial charge >= 0.3 is 0 Å². The highest BCUT2D eigenvalue weighted by Gasteiger charge is 2.33. The lowest BCUT2D eigenvalue weighted by molar-refractivity contribution is -0.120. The van der Waals surface area contributed by atoms with Crippen LogP contribution in [0.4, 0.5) is 5.82 Å². The van der Waals surface area contributed by atoms with E-state index in [1.165, 1.54) is 7.11 Å². The molecule has 1 aromatic carbocycles. The van der Waals surface area contributed by atoms with E-state index in [4.69, 9.17) is 15.2 Å². The molecule has 0 radical (unpaired) electrons. The second kappa shape index (κ2) is 8.14.